The molecule has 0 bridgehead atoms. The summed E-state index contributed by atoms with van der Waals surface area (Å²) in [5.41, 5.74) is 0.988. The summed E-state index contributed by atoms with van der Waals surface area (Å²) in [4.78, 5) is 3.84. The Balaban J connectivity index is 2.51. The Morgan fingerprint density at radius 1 is 1.21 bits per heavy atom. The van der Waals surface area contributed by atoms with E-state index >= 15 is 0 Å². The molecule has 0 unspecified atom stereocenters. The summed E-state index contributed by atoms with van der Waals surface area (Å²) in [6.07, 6.45) is 1.34. The van der Waals surface area contributed by atoms with Crippen LogP contribution in [0.25, 0.3) is 11.3 Å². The van der Waals surface area contributed by atoms with Crippen LogP contribution >= 0.6 is 23.2 Å². The van der Waals surface area contributed by atoms with E-state index in [0.717, 1.165) is 0 Å². The van der Waals surface area contributed by atoms with Crippen LogP contribution in [0.15, 0.2) is 28.9 Å². The standard InChI is InChI=1S/C9H4Cl2FNO/c10-6-1-5(2-7(12)3-6)8-4-14-9(11)13-8/h1-4H. The van der Waals surface area contributed by atoms with Crippen molar-refractivity contribution in [2.24, 2.45) is 0 Å². The monoisotopic (exact) mass is 231 g/mol. The number of oxazole rings is 1. The van der Waals surface area contributed by atoms with Crippen LogP contribution in [-0.2, 0) is 0 Å². The van der Waals surface area contributed by atoms with Crippen molar-refractivity contribution in [2.45, 2.75) is 0 Å². The van der Waals surface area contributed by atoms with Gasteiger partial charge in [0.25, 0.3) is 5.35 Å². The summed E-state index contributed by atoms with van der Waals surface area (Å²) in [7, 11) is 0. The van der Waals surface area contributed by atoms with Gasteiger partial charge in [0.2, 0.25) is 0 Å². The Bertz CT molecular complexity index is 449. The molecule has 1 aromatic carbocycles. The fourth-order valence-corrected chi connectivity index (χ4v) is 1.44. The highest BCUT2D eigenvalue weighted by Gasteiger charge is 2.06. The molecule has 0 aliphatic heterocycles. The van der Waals surface area contributed by atoms with Crippen molar-refractivity contribution in [3.05, 3.63) is 40.7 Å². The smallest absolute Gasteiger partial charge is 0.292 e. The lowest BCUT2D eigenvalue weighted by molar-refractivity contribution is 0.560. The number of rotatable bonds is 1. The summed E-state index contributed by atoms with van der Waals surface area (Å²) < 4.78 is 17.7. The van der Waals surface area contributed by atoms with Gasteiger partial charge in [-0.25, -0.2) is 4.39 Å². The first-order valence-corrected chi connectivity index (χ1v) is 4.48. The summed E-state index contributed by atoms with van der Waals surface area (Å²) >= 11 is 11.2. The maximum Gasteiger partial charge on any atom is 0.292 e. The Hall–Kier alpha value is -1.06. The Kier molecular flexibility index (Phi) is 2.44. The molecule has 2 rings (SSSR count). The van der Waals surface area contributed by atoms with Crippen molar-refractivity contribution >= 4 is 23.2 Å². The second kappa shape index (κ2) is 3.59. The Labute approximate surface area is 89.3 Å². The lowest BCUT2D eigenvalue weighted by Gasteiger charge is -1.96. The first kappa shape index (κ1) is 9.49. The van der Waals surface area contributed by atoms with Crippen LogP contribution in [0.2, 0.25) is 10.4 Å². The summed E-state index contributed by atoms with van der Waals surface area (Å²) in [6, 6.07) is 4.10. The van der Waals surface area contributed by atoms with E-state index < -0.39 is 5.82 Å². The second-order valence-corrected chi connectivity index (χ2v) is 3.40. The normalized spacial score (nSPS) is 10.5. The van der Waals surface area contributed by atoms with Gasteiger partial charge < -0.3 is 4.42 Å². The molecule has 0 aliphatic rings. The van der Waals surface area contributed by atoms with E-state index in [1.54, 1.807) is 6.07 Å². The Morgan fingerprint density at radius 3 is 2.57 bits per heavy atom. The molecule has 1 aromatic heterocycles. The molecule has 2 nitrogen and oxygen atoms in total. The third kappa shape index (κ3) is 1.89. The van der Waals surface area contributed by atoms with Crippen molar-refractivity contribution in [1.82, 2.24) is 4.98 Å². The van der Waals surface area contributed by atoms with Gasteiger partial charge in [0.05, 0.1) is 0 Å². The zero-order valence-electron chi connectivity index (χ0n) is 6.80. The number of hydrogen-bond acceptors (Lipinski definition) is 2. The number of halogens is 3. The predicted molar refractivity (Wildman–Crippen MR) is 51.9 cm³/mol. The number of hydrogen-bond donors (Lipinski definition) is 0. The van der Waals surface area contributed by atoms with Crippen molar-refractivity contribution in [2.75, 3.05) is 0 Å². The van der Waals surface area contributed by atoms with E-state index in [1.165, 1.54) is 18.4 Å². The average Bonchev–Trinajstić information content (AvgIpc) is 2.50. The SMILES string of the molecule is Fc1cc(Cl)cc(-c2coc(Cl)n2)c1. The quantitative estimate of drug-likeness (QED) is 0.747. The molecule has 0 saturated carbocycles. The van der Waals surface area contributed by atoms with E-state index in [9.17, 15) is 4.39 Å². The molecule has 2 aromatic rings. The molecule has 5 heteroatoms. The fraction of sp³-hybridized carbons (Fsp3) is 0. The van der Waals surface area contributed by atoms with E-state index in [0.29, 0.717) is 16.3 Å². The van der Waals surface area contributed by atoms with E-state index in [-0.39, 0.29) is 5.35 Å². The molecule has 0 N–H and O–H groups in total. The van der Waals surface area contributed by atoms with Gasteiger partial charge in [-0.05, 0) is 29.8 Å². The number of benzene rings is 1. The van der Waals surface area contributed by atoms with Crippen LogP contribution in [0, 0.1) is 5.82 Å². The average molecular weight is 232 g/mol. The number of aromatic nitrogens is 1. The number of nitrogens with zero attached hydrogens (tertiary/aromatic N) is 1. The molecular weight excluding hydrogens is 228 g/mol. The largest absolute Gasteiger partial charge is 0.436 e. The highest BCUT2D eigenvalue weighted by Crippen LogP contribution is 2.24. The maximum absolute atomic E-state index is 12.9. The minimum Gasteiger partial charge on any atom is -0.436 e. The molecule has 14 heavy (non-hydrogen) atoms. The van der Waals surface area contributed by atoms with E-state index in [2.05, 4.69) is 4.98 Å². The summed E-state index contributed by atoms with van der Waals surface area (Å²) in [6.45, 7) is 0. The molecule has 72 valence electrons. The van der Waals surface area contributed by atoms with Gasteiger partial charge in [-0.1, -0.05) is 11.6 Å². The lowest BCUT2D eigenvalue weighted by Crippen LogP contribution is -1.80. The first-order chi connectivity index (χ1) is 6.65. The van der Waals surface area contributed by atoms with Gasteiger partial charge in [0.1, 0.15) is 17.8 Å². The molecule has 0 spiro atoms. The van der Waals surface area contributed by atoms with Crippen molar-refractivity contribution in [3.63, 3.8) is 0 Å². The van der Waals surface area contributed by atoms with Crippen LogP contribution < -0.4 is 0 Å². The minimum atomic E-state index is -0.424. The van der Waals surface area contributed by atoms with Gasteiger partial charge in [-0.3, -0.25) is 0 Å². The van der Waals surface area contributed by atoms with Crippen LogP contribution in [-0.4, -0.2) is 4.98 Å². The summed E-state index contributed by atoms with van der Waals surface area (Å²) in [5, 5.41) is 0.319. The molecule has 0 radical (unpaired) electrons. The van der Waals surface area contributed by atoms with Gasteiger partial charge in [-0.15, -0.1) is 0 Å². The first-order valence-electron chi connectivity index (χ1n) is 3.72. The van der Waals surface area contributed by atoms with Gasteiger partial charge >= 0.3 is 0 Å². The van der Waals surface area contributed by atoms with E-state index in [1.807, 2.05) is 0 Å². The molecule has 1 heterocycles. The molecular formula is C9H4Cl2FNO. The maximum atomic E-state index is 12.9. The zero-order valence-corrected chi connectivity index (χ0v) is 8.31. The van der Waals surface area contributed by atoms with Crippen LogP contribution in [0.5, 0.6) is 0 Å². The van der Waals surface area contributed by atoms with Crippen LogP contribution in [0.4, 0.5) is 4.39 Å². The molecule has 0 atom stereocenters. The lowest BCUT2D eigenvalue weighted by atomic mass is 10.2. The van der Waals surface area contributed by atoms with Crippen molar-refractivity contribution in [1.29, 1.82) is 0 Å². The topological polar surface area (TPSA) is 26.0 Å². The van der Waals surface area contributed by atoms with Crippen molar-refractivity contribution < 1.29 is 8.81 Å². The highest BCUT2D eigenvalue weighted by atomic mass is 35.5. The molecule has 0 amide bonds. The predicted octanol–water partition coefficient (Wildman–Crippen LogP) is 3.79. The third-order valence-corrected chi connectivity index (χ3v) is 2.03. The molecule has 0 aliphatic carbocycles. The second-order valence-electron chi connectivity index (χ2n) is 2.64. The summed E-state index contributed by atoms with van der Waals surface area (Å²) in [5.74, 6) is -0.424. The molecule has 0 saturated heterocycles. The fourth-order valence-electron chi connectivity index (χ4n) is 1.09. The van der Waals surface area contributed by atoms with Crippen molar-refractivity contribution in [3.8, 4) is 11.3 Å². The van der Waals surface area contributed by atoms with E-state index in [4.69, 9.17) is 27.6 Å². The van der Waals surface area contributed by atoms with Crippen LogP contribution in [0.3, 0.4) is 0 Å². The highest BCUT2D eigenvalue weighted by molar-refractivity contribution is 6.30. The van der Waals surface area contributed by atoms with Gasteiger partial charge in [0, 0.05) is 10.6 Å². The van der Waals surface area contributed by atoms with Crippen LogP contribution in [0.1, 0.15) is 0 Å². The zero-order chi connectivity index (χ0) is 10.1. The van der Waals surface area contributed by atoms with Gasteiger partial charge in [0.15, 0.2) is 0 Å². The third-order valence-electron chi connectivity index (χ3n) is 1.63. The minimum absolute atomic E-state index is 0.0142. The van der Waals surface area contributed by atoms with Gasteiger partial charge in [-0.2, -0.15) is 4.98 Å². The Morgan fingerprint density at radius 2 is 2.00 bits per heavy atom. The molecule has 0 fully saturated rings.